The van der Waals surface area contributed by atoms with E-state index in [1.165, 1.54) is 24.3 Å². The minimum absolute atomic E-state index is 0.0410. The number of carbonyl (C=O) groups is 1. The molecule has 0 atom stereocenters. The van der Waals surface area contributed by atoms with Gasteiger partial charge in [-0.2, -0.15) is 18.2 Å². The normalized spacial score (nSPS) is 11.5. The molecule has 32 heavy (non-hydrogen) atoms. The number of alkyl halides is 3. The fourth-order valence-corrected chi connectivity index (χ4v) is 2.70. The summed E-state index contributed by atoms with van der Waals surface area (Å²) in [5.74, 6) is -0.417. The zero-order valence-corrected chi connectivity index (χ0v) is 16.1. The van der Waals surface area contributed by atoms with Crippen molar-refractivity contribution in [1.82, 2.24) is 10.1 Å². The number of carbonyl (C=O) groups excluding carboxylic acids is 1. The first kappa shape index (κ1) is 21.1. The molecule has 164 valence electrons. The molecule has 0 aliphatic heterocycles. The smallest absolute Gasteiger partial charge is 0.416 e. The molecular formula is C21H13F3N2O6. The molecule has 0 radical (unpaired) electrons. The molecule has 0 spiro atoms. The Kier molecular flexibility index (Phi) is 5.63. The van der Waals surface area contributed by atoms with Crippen LogP contribution in [0.3, 0.4) is 0 Å². The zero-order valence-electron chi connectivity index (χ0n) is 16.1. The summed E-state index contributed by atoms with van der Waals surface area (Å²) in [6.45, 7) is -0.773. The molecule has 0 bridgehead atoms. The summed E-state index contributed by atoms with van der Waals surface area (Å²) in [6, 6.07) is 11.9. The SMILES string of the molecule is O=C(COc1ccc2ccc(=O)oc2c1)OCc1nc(-c2ccc(C(F)(F)F)cc2)no1. The number of benzene rings is 2. The molecule has 0 amide bonds. The average Bonchev–Trinajstić information content (AvgIpc) is 3.24. The van der Waals surface area contributed by atoms with Gasteiger partial charge in [0.25, 0.3) is 5.89 Å². The minimum atomic E-state index is -4.45. The lowest BCUT2D eigenvalue weighted by Gasteiger charge is -2.06. The topological polar surface area (TPSA) is 105 Å². The van der Waals surface area contributed by atoms with Crippen LogP contribution in [0.25, 0.3) is 22.4 Å². The highest BCUT2D eigenvalue weighted by Gasteiger charge is 2.30. The van der Waals surface area contributed by atoms with Crippen LogP contribution in [-0.2, 0) is 22.3 Å². The van der Waals surface area contributed by atoms with Crippen molar-refractivity contribution in [2.24, 2.45) is 0 Å². The molecular weight excluding hydrogens is 433 g/mol. The second kappa shape index (κ2) is 8.53. The van der Waals surface area contributed by atoms with E-state index in [4.69, 9.17) is 18.4 Å². The molecule has 4 rings (SSSR count). The Balaban J connectivity index is 1.31. The van der Waals surface area contributed by atoms with Crippen LogP contribution in [0, 0.1) is 0 Å². The standard InChI is InChI=1S/C21H13F3N2O6/c22-21(23,24)14-5-1-13(2-6-14)20-25-17(32-26-20)10-30-19(28)11-29-15-7-3-12-4-8-18(27)31-16(12)9-15/h1-9H,10-11H2. The highest BCUT2D eigenvalue weighted by molar-refractivity contribution is 5.78. The van der Waals surface area contributed by atoms with Crippen LogP contribution >= 0.6 is 0 Å². The summed E-state index contributed by atoms with van der Waals surface area (Å²) in [7, 11) is 0. The predicted octanol–water partition coefficient (Wildman–Crippen LogP) is 3.98. The Morgan fingerprint density at radius 1 is 1.03 bits per heavy atom. The molecule has 8 nitrogen and oxygen atoms in total. The second-order valence-electron chi connectivity index (χ2n) is 6.49. The van der Waals surface area contributed by atoms with E-state index in [2.05, 4.69) is 10.1 Å². The van der Waals surface area contributed by atoms with Crippen molar-refractivity contribution in [3.05, 3.63) is 76.5 Å². The molecule has 0 saturated carbocycles. The van der Waals surface area contributed by atoms with E-state index >= 15 is 0 Å². The van der Waals surface area contributed by atoms with Crippen molar-refractivity contribution < 1.29 is 36.4 Å². The van der Waals surface area contributed by atoms with Crippen molar-refractivity contribution in [2.45, 2.75) is 12.8 Å². The number of hydrogen-bond acceptors (Lipinski definition) is 8. The van der Waals surface area contributed by atoms with Crippen molar-refractivity contribution in [2.75, 3.05) is 6.61 Å². The summed E-state index contributed by atoms with van der Waals surface area (Å²) >= 11 is 0. The van der Waals surface area contributed by atoms with Crippen LogP contribution in [-0.4, -0.2) is 22.7 Å². The van der Waals surface area contributed by atoms with Gasteiger partial charge < -0.3 is 18.4 Å². The van der Waals surface area contributed by atoms with E-state index in [-0.39, 0.29) is 18.3 Å². The maximum Gasteiger partial charge on any atom is 0.416 e. The highest BCUT2D eigenvalue weighted by atomic mass is 19.4. The number of rotatable bonds is 6. The minimum Gasteiger partial charge on any atom is -0.482 e. The summed E-state index contributed by atoms with van der Waals surface area (Å²) in [5, 5.41) is 4.35. The monoisotopic (exact) mass is 446 g/mol. The molecule has 0 saturated heterocycles. The number of fused-ring (bicyclic) bond motifs is 1. The van der Waals surface area contributed by atoms with Gasteiger partial charge >= 0.3 is 17.8 Å². The number of nitrogens with zero attached hydrogens (tertiary/aromatic N) is 2. The number of aromatic nitrogens is 2. The molecule has 0 N–H and O–H groups in total. The summed E-state index contributed by atoms with van der Waals surface area (Å²) in [5.41, 5.74) is -0.688. The summed E-state index contributed by atoms with van der Waals surface area (Å²) in [6.07, 6.45) is -4.45. The fourth-order valence-electron chi connectivity index (χ4n) is 2.70. The Labute approximate surface area is 177 Å². The third-order valence-corrected chi connectivity index (χ3v) is 4.25. The van der Waals surface area contributed by atoms with E-state index in [9.17, 15) is 22.8 Å². The van der Waals surface area contributed by atoms with Crippen LogP contribution in [0.15, 0.2) is 68.3 Å². The quantitative estimate of drug-likeness (QED) is 0.324. The van der Waals surface area contributed by atoms with Crippen LogP contribution in [0.2, 0.25) is 0 Å². The number of ether oxygens (including phenoxy) is 2. The average molecular weight is 446 g/mol. The first-order valence-corrected chi connectivity index (χ1v) is 9.10. The molecule has 4 aromatic rings. The van der Waals surface area contributed by atoms with E-state index in [0.29, 0.717) is 22.3 Å². The van der Waals surface area contributed by atoms with Crippen LogP contribution in [0.5, 0.6) is 5.75 Å². The molecule has 0 unspecified atom stereocenters. The summed E-state index contributed by atoms with van der Waals surface area (Å²) in [4.78, 5) is 27.2. The van der Waals surface area contributed by atoms with Crippen molar-refractivity contribution >= 4 is 16.9 Å². The van der Waals surface area contributed by atoms with E-state index < -0.39 is 29.9 Å². The fraction of sp³-hybridized carbons (Fsp3) is 0.143. The van der Waals surface area contributed by atoms with Crippen molar-refractivity contribution in [1.29, 1.82) is 0 Å². The Bertz CT molecular complexity index is 1310. The Morgan fingerprint density at radius 3 is 2.53 bits per heavy atom. The van der Waals surface area contributed by atoms with E-state index in [0.717, 1.165) is 12.1 Å². The van der Waals surface area contributed by atoms with Crippen LogP contribution in [0.4, 0.5) is 13.2 Å². The Morgan fingerprint density at radius 2 is 1.78 bits per heavy atom. The van der Waals surface area contributed by atoms with Gasteiger partial charge in [-0.15, -0.1) is 0 Å². The molecule has 11 heteroatoms. The lowest BCUT2D eigenvalue weighted by atomic mass is 10.1. The molecule has 2 aromatic heterocycles. The van der Waals surface area contributed by atoms with E-state index in [1.807, 2.05) is 0 Å². The van der Waals surface area contributed by atoms with E-state index in [1.54, 1.807) is 18.2 Å². The maximum atomic E-state index is 12.6. The van der Waals surface area contributed by atoms with Crippen molar-refractivity contribution in [3.8, 4) is 17.1 Å². The van der Waals surface area contributed by atoms with Crippen molar-refractivity contribution in [3.63, 3.8) is 0 Å². The first-order chi connectivity index (χ1) is 15.3. The number of esters is 1. The molecule has 0 fully saturated rings. The number of hydrogen-bond donors (Lipinski definition) is 0. The lowest BCUT2D eigenvalue weighted by Crippen LogP contribution is -2.14. The van der Waals surface area contributed by atoms with Gasteiger partial charge in [-0.05, 0) is 30.3 Å². The van der Waals surface area contributed by atoms with Gasteiger partial charge in [0, 0.05) is 23.1 Å². The van der Waals surface area contributed by atoms with Crippen LogP contribution in [0.1, 0.15) is 11.5 Å². The van der Waals surface area contributed by atoms with Gasteiger partial charge in [0.2, 0.25) is 5.82 Å². The van der Waals surface area contributed by atoms with Gasteiger partial charge in [0.15, 0.2) is 13.2 Å². The third-order valence-electron chi connectivity index (χ3n) is 4.25. The molecule has 2 heterocycles. The lowest BCUT2D eigenvalue weighted by molar-refractivity contribution is -0.148. The van der Waals surface area contributed by atoms with Gasteiger partial charge in [0.1, 0.15) is 11.3 Å². The van der Waals surface area contributed by atoms with Gasteiger partial charge in [-0.1, -0.05) is 17.3 Å². The Hall–Kier alpha value is -4.15. The maximum absolute atomic E-state index is 12.6. The second-order valence-corrected chi connectivity index (χ2v) is 6.49. The number of halogens is 3. The third kappa shape index (κ3) is 4.94. The highest BCUT2D eigenvalue weighted by Crippen LogP contribution is 2.30. The zero-order chi connectivity index (χ0) is 22.7. The summed E-state index contributed by atoms with van der Waals surface area (Å²) < 4.78 is 58.2. The van der Waals surface area contributed by atoms with Crippen LogP contribution < -0.4 is 10.4 Å². The predicted molar refractivity (Wildman–Crippen MR) is 103 cm³/mol. The van der Waals surface area contributed by atoms with Gasteiger partial charge in [-0.3, -0.25) is 0 Å². The van der Waals surface area contributed by atoms with Gasteiger partial charge in [-0.25, -0.2) is 9.59 Å². The first-order valence-electron chi connectivity index (χ1n) is 9.10. The molecule has 0 aliphatic carbocycles. The van der Waals surface area contributed by atoms with Gasteiger partial charge in [0.05, 0.1) is 5.56 Å². The molecule has 2 aromatic carbocycles. The molecule has 0 aliphatic rings. The largest absolute Gasteiger partial charge is 0.482 e.